The van der Waals surface area contributed by atoms with Crippen LogP contribution in [0.2, 0.25) is 0 Å². The van der Waals surface area contributed by atoms with Crippen LogP contribution in [0.3, 0.4) is 0 Å². The molecule has 2 aliphatic heterocycles. The van der Waals surface area contributed by atoms with E-state index in [1.165, 1.54) is 71.4 Å². The van der Waals surface area contributed by atoms with Crippen LogP contribution in [0.5, 0.6) is 11.5 Å². The van der Waals surface area contributed by atoms with Crippen LogP contribution in [0, 0.1) is 0 Å². The molecule has 0 bridgehead atoms. The van der Waals surface area contributed by atoms with Crippen LogP contribution in [-0.2, 0) is 27.1 Å². The number of benzene rings is 10. The van der Waals surface area contributed by atoms with E-state index in [0.29, 0.717) is 0 Å². The van der Waals surface area contributed by atoms with Crippen molar-refractivity contribution in [3.05, 3.63) is 234 Å². The molecule has 0 unspecified atom stereocenters. The van der Waals surface area contributed by atoms with Crippen molar-refractivity contribution in [2.75, 3.05) is 9.80 Å². The number of rotatable bonds is 6. The lowest BCUT2D eigenvalue weighted by Gasteiger charge is -2.41. The molecule has 12 aromatic rings. The van der Waals surface area contributed by atoms with Crippen LogP contribution < -0.4 is 30.9 Å². The van der Waals surface area contributed by atoms with Crippen LogP contribution in [0.25, 0.3) is 55.0 Å². The monoisotopic (exact) mass is 1120 g/mol. The van der Waals surface area contributed by atoms with Gasteiger partial charge in [-0.1, -0.05) is 213 Å². The number of aromatic nitrogens is 2. The summed E-state index contributed by atoms with van der Waals surface area (Å²) in [5.41, 5.74) is 23.6. The van der Waals surface area contributed by atoms with E-state index >= 15 is 0 Å². The molecule has 0 saturated heterocycles. The van der Waals surface area contributed by atoms with Crippen LogP contribution >= 0.6 is 0 Å². The minimum absolute atomic E-state index is 0.00298. The lowest BCUT2D eigenvalue weighted by atomic mass is 9.33. The first kappa shape index (κ1) is 55.2. The van der Waals surface area contributed by atoms with Gasteiger partial charge in [0.15, 0.2) is 0 Å². The van der Waals surface area contributed by atoms with E-state index in [-0.39, 0.29) is 33.8 Å². The van der Waals surface area contributed by atoms with Crippen LogP contribution in [0.4, 0.5) is 34.1 Å². The summed E-state index contributed by atoms with van der Waals surface area (Å²) < 4.78 is 12.5. The van der Waals surface area contributed by atoms with Crippen molar-refractivity contribution in [2.45, 2.75) is 131 Å². The van der Waals surface area contributed by atoms with Gasteiger partial charge in [-0.15, -0.1) is 0 Å². The molecule has 4 heterocycles. The maximum absolute atomic E-state index is 7.43. The SMILES string of the molecule is CC(C)(C)c1ccc(N(c2ccc(-n3c4ccccc4c4ccc5c6ccccc6n(-c6cc7c8c(c6)N(c6ccc(C(C)(C)C)cc6)c6ccc(C(C)(C)C)cc6B8c6cc(C(C)(C)C)ccc6O7)c5c43)cc2)c2ccc(C(C)(C)C)cc2)cc1. The summed E-state index contributed by atoms with van der Waals surface area (Å²) in [7, 11) is 0. The Kier molecular flexibility index (Phi) is 12.4. The second-order valence-electron chi connectivity index (χ2n) is 29.6. The zero-order valence-electron chi connectivity index (χ0n) is 52.9. The van der Waals surface area contributed by atoms with Gasteiger partial charge in [0.2, 0.25) is 0 Å². The Morgan fingerprint density at radius 3 is 1.22 bits per heavy atom. The van der Waals surface area contributed by atoms with Crippen molar-refractivity contribution >= 4 is 101 Å². The van der Waals surface area contributed by atoms with E-state index < -0.39 is 0 Å². The molecule has 0 N–H and O–H groups in total. The van der Waals surface area contributed by atoms with Crippen molar-refractivity contribution in [2.24, 2.45) is 0 Å². The average molecular weight is 1120 g/mol. The Balaban J connectivity index is 1.02. The zero-order chi connectivity index (χ0) is 60.1. The van der Waals surface area contributed by atoms with E-state index in [1.807, 2.05) is 0 Å². The molecule has 2 aliphatic rings. The van der Waals surface area contributed by atoms with Gasteiger partial charge in [-0.25, -0.2) is 0 Å². The first-order valence-electron chi connectivity index (χ1n) is 30.9. The van der Waals surface area contributed by atoms with Crippen molar-refractivity contribution in [3.63, 3.8) is 0 Å². The van der Waals surface area contributed by atoms with E-state index in [9.17, 15) is 0 Å². The predicted molar refractivity (Wildman–Crippen MR) is 369 cm³/mol. The minimum atomic E-state index is -0.0699. The molecule has 6 heteroatoms. The number of ether oxygens (including phenoxy) is 1. The maximum atomic E-state index is 7.43. The van der Waals surface area contributed by atoms with Gasteiger partial charge in [0.25, 0.3) is 6.71 Å². The number of anilines is 6. The Hall–Kier alpha value is -8.74. The highest BCUT2D eigenvalue weighted by atomic mass is 16.5. The number of hydrogen-bond donors (Lipinski definition) is 0. The van der Waals surface area contributed by atoms with Gasteiger partial charge in [0.1, 0.15) is 11.5 Å². The Morgan fingerprint density at radius 1 is 0.326 bits per heavy atom. The first-order valence-corrected chi connectivity index (χ1v) is 30.9. The van der Waals surface area contributed by atoms with Gasteiger partial charge in [0, 0.05) is 67.4 Å². The van der Waals surface area contributed by atoms with E-state index in [1.54, 1.807) is 0 Å². The minimum Gasteiger partial charge on any atom is -0.458 e. The van der Waals surface area contributed by atoms with Crippen molar-refractivity contribution < 1.29 is 4.74 Å². The topological polar surface area (TPSA) is 25.6 Å². The zero-order valence-corrected chi connectivity index (χ0v) is 52.9. The third kappa shape index (κ3) is 9.04. The second-order valence-corrected chi connectivity index (χ2v) is 29.6. The van der Waals surface area contributed by atoms with Crippen molar-refractivity contribution in [3.8, 4) is 22.9 Å². The molecule has 428 valence electrons. The molecule has 0 aliphatic carbocycles. The third-order valence-electron chi connectivity index (χ3n) is 18.6. The fraction of sp³-hybridized carbons (Fsp3) is 0.250. The van der Waals surface area contributed by atoms with Crippen molar-refractivity contribution in [1.82, 2.24) is 9.13 Å². The molecule has 0 radical (unpaired) electrons. The highest BCUT2D eigenvalue weighted by molar-refractivity contribution is 6.99. The van der Waals surface area contributed by atoms with Crippen molar-refractivity contribution in [1.29, 1.82) is 0 Å². The Bertz CT molecular complexity index is 4600. The summed E-state index contributed by atoms with van der Waals surface area (Å²) in [6, 6.07) is 78.4. The third-order valence-corrected chi connectivity index (χ3v) is 18.6. The first-order chi connectivity index (χ1) is 40.8. The summed E-state index contributed by atoms with van der Waals surface area (Å²) >= 11 is 0. The van der Waals surface area contributed by atoms with Crippen LogP contribution in [0.1, 0.15) is 132 Å². The smallest absolute Gasteiger partial charge is 0.256 e. The van der Waals surface area contributed by atoms with Gasteiger partial charge in [-0.05, 0) is 162 Å². The standard InChI is InChI=1S/C80H79BN4O/c1-76(2,3)50-24-32-55(33-25-50)82(56-34-26-51(27-35-56)77(4,5)6)57-38-40-59(41-39-57)84-67-22-18-16-20-61(67)63-42-43-64-62-21-17-19-23-68(62)85(75(64)74(63)84)60-48-70-73-72(49-60)86-71-45-31-54(80(13,14)15)47-66(71)81(73)65-46-53(79(10,11)12)30-44-69(65)83(70)58-36-28-52(29-37-58)78(7,8)9/h16-49H,1-15H3. The van der Waals surface area contributed by atoms with Gasteiger partial charge < -0.3 is 23.7 Å². The molecule has 0 saturated carbocycles. The molecule has 0 fully saturated rings. The summed E-state index contributed by atoms with van der Waals surface area (Å²) in [6.07, 6.45) is 0. The molecule has 0 amide bonds. The van der Waals surface area contributed by atoms with E-state index in [4.69, 9.17) is 4.74 Å². The molecule has 5 nitrogen and oxygen atoms in total. The Morgan fingerprint density at radius 2 is 0.733 bits per heavy atom. The highest BCUT2D eigenvalue weighted by Crippen LogP contribution is 2.48. The molecule has 0 atom stereocenters. The largest absolute Gasteiger partial charge is 0.458 e. The Labute approximate surface area is 509 Å². The predicted octanol–water partition coefficient (Wildman–Crippen LogP) is 20.2. The molecule has 86 heavy (non-hydrogen) atoms. The lowest BCUT2D eigenvalue weighted by molar-refractivity contribution is 0.486. The molecule has 2 aromatic heterocycles. The summed E-state index contributed by atoms with van der Waals surface area (Å²) in [6.45, 7) is 34.4. The molecular weight excluding hydrogens is 1040 g/mol. The summed E-state index contributed by atoms with van der Waals surface area (Å²) in [4.78, 5) is 4.92. The fourth-order valence-corrected chi connectivity index (χ4v) is 13.6. The highest BCUT2D eigenvalue weighted by Gasteiger charge is 2.44. The molecule has 10 aromatic carbocycles. The average Bonchev–Trinajstić information content (AvgIpc) is 1.26. The van der Waals surface area contributed by atoms with Crippen LogP contribution in [0.15, 0.2) is 206 Å². The fourth-order valence-electron chi connectivity index (χ4n) is 13.6. The number of hydrogen-bond acceptors (Lipinski definition) is 3. The van der Waals surface area contributed by atoms with Gasteiger partial charge in [-0.3, -0.25) is 0 Å². The molecule has 0 spiro atoms. The number of nitrogens with zero attached hydrogens (tertiary/aromatic N) is 4. The summed E-state index contributed by atoms with van der Waals surface area (Å²) in [5, 5.41) is 4.79. The molecular formula is C80H79BN4O. The van der Waals surface area contributed by atoms with Gasteiger partial charge in [-0.2, -0.15) is 0 Å². The van der Waals surface area contributed by atoms with Gasteiger partial charge >= 0.3 is 0 Å². The maximum Gasteiger partial charge on any atom is 0.256 e. The number of para-hydroxylation sites is 2. The van der Waals surface area contributed by atoms with E-state index in [2.05, 4.69) is 329 Å². The van der Waals surface area contributed by atoms with Gasteiger partial charge in [0.05, 0.1) is 27.8 Å². The quantitative estimate of drug-likeness (QED) is 0.155. The molecule has 14 rings (SSSR count). The lowest BCUT2D eigenvalue weighted by Crippen LogP contribution is -2.60. The number of fused-ring (bicyclic) bond motifs is 11. The second kappa shape index (κ2) is 19.4. The van der Waals surface area contributed by atoms with E-state index in [0.717, 1.165) is 73.4 Å². The normalized spacial score (nSPS) is 13.6. The summed E-state index contributed by atoms with van der Waals surface area (Å²) in [5.74, 6) is 1.78. The van der Waals surface area contributed by atoms with Crippen LogP contribution in [-0.4, -0.2) is 15.8 Å².